The minimum absolute atomic E-state index is 0.0157. The van der Waals surface area contributed by atoms with Crippen molar-refractivity contribution in [2.75, 3.05) is 24.7 Å². The molecule has 2 amide bonds. The second kappa shape index (κ2) is 9.34. The van der Waals surface area contributed by atoms with Crippen molar-refractivity contribution in [1.82, 2.24) is 9.88 Å². The molecule has 0 fully saturated rings. The molecule has 0 aliphatic rings. The van der Waals surface area contributed by atoms with E-state index in [-0.39, 0.29) is 18.4 Å². The number of rotatable bonds is 7. The van der Waals surface area contributed by atoms with Crippen molar-refractivity contribution in [3.8, 4) is 0 Å². The normalized spacial score (nSPS) is 10.7. The molecule has 8 heteroatoms. The average Bonchev–Trinajstić information content (AvgIpc) is 3.06. The van der Waals surface area contributed by atoms with Crippen LogP contribution >= 0.6 is 39.0 Å². The Hall–Kier alpha value is -1.90. The molecule has 0 saturated carbocycles. The van der Waals surface area contributed by atoms with Gasteiger partial charge in [0.1, 0.15) is 5.01 Å². The van der Waals surface area contributed by atoms with Crippen molar-refractivity contribution in [2.45, 2.75) is 5.75 Å². The lowest BCUT2D eigenvalue weighted by atomic mass is 10.3. The fraction of sp³-hybridized carbons (Fsp3) is 0.211. The third-order valence-electron chi connectivity index (χ3n) is 3.74. The number of hydrogen-bond acceptors (Lipinski definition) is 5. The standard InChI is InChI=1S/C19H18BrN3O2S2/c1-23(10-17(24)21-14-7-3-2-6-13(14)20)19(25)12-26-11-18-22-15-8-4-5-9-16(15)27-18/h2-9H,10-12H2,1H3,(H,21,24). The Morgan fingerprint density at radius 3 is 2.70 bits per heavy atom. The van der Waals surface area contributed by atoms with Gasteiger partial charge in [-0.3, -0.25) is 9.59 Å². The molecular formula is C19H18BrN3O2S2. The van der Waals surface area contributed by atoms with E-state index in [1.807, 2.05) is 42.5 Å². The van der Waals surface area contributed by atoms with Crippen molar-refractivity contribution in [2.24, 2.45) is 0 Å². The van der Waals surface area contributed by atoms with Gasteiger partial charge in [-0.25, -0.2) is 4.98 Å². The van der Waals surface area contributed by atoms with E-state index in [9.17, 15) is 9.59 Å². The van der Waals surface area contributed by atoms with Crippen LogP contribution in [0.3, 0.4) is 0 Å². The number of halogens is 1. The maximum Gasteiger partial charge on any atom is 0.244 e. The molecule has 0 radical (unpaired) electrons. The first-order chi connectivity index (χ1) is 13.0. The Bertz CT molecular complexity index is 928. The van der Waals surface area contributed by atoms with E-state index in [4.69, 9.17) is 0 Å². The SMILES string of the molecule is CN(CC(=O)Nc1ccccc1Br)C(=O)CSCc1nc2ccccc2s1. The first kappa shape index (κ1) is 19.9. The van der Waals surface area contributed by atoms with Crippen LogP contribution in [-0.2, 0) is 15.3 Å². The van der Waals surface area contributed by atoms with E-state index >= 15 is 0 Å². The maximum absolute atomic E-state index is 12.3. The molecule has 0 saturated heterocycles. The highest BCUT2D eigenvalue weighted by Gasteiger charge is 2.14. The van der Waals surface area contributed by atoms with Crippen LogP contribution in [0, 0.1) is 0 Å². The first-order valence-corrected chi connectivity index (χ1v) is 11.0. The number of nitrogens with one attached hydrogen (secondary N) is 1. The fourth-order valence-electron chi connectivity index (χ4n) is 2.37. The molecule has 1 aromatic heterocycles. The van der Waals surface area contributed by atoms with Crippen LogP contribution in [-0.4, -0.2) is 41.0 Å². The minimum atomic E-state index is -0.228. The van der Waals surface area contributed by atoms with E-state index in [1.54, 1.807) is 24.5 Å². The fourth-order valence-corrected chi connectivity index (χ4v) is 4.74. The summed E-state index contributed by atoms with van der Waals surface area (Å²) in [6.07, 6.45) is 0. The molecule has 1 N–H and O–H groups in total. The van der Waals surface area contributed by atoms with Crippen molar-refractivity contribution in [3.63, 3.8) is 0 Å². The molecule has 140 valence electrons. The number of aromatic nitrogens is 1. The summed E-state index contributed by atoms with van der Waals surface area (Å²) in [6, 6.07) is 15.4. The van der Waals surface area contributed by atoms with E-state index in [0.717, 1.165) is 19.7 Å². The Morgan fingerprint density at radius 2 is 1.93 bits per heavy atom. The smallest absolute Gasteiger partial charge is 0.244 e. The molecule has 0 bridgehead atoms. The number of likely N-dealkylation sites (N-methyl/N-ethyl adjacent to an activating group) is 1. The molecule has 0 atom stereocenters. The summed E-state index contributed by atoms with van der Waals surface area (Å²) >= 11 is 6.54. The molecular weight excluding hydrogens is 446 g/mol. The number of para-hydroxylation sites is 2. The van der Waals surface area contributed by atoms with Gasteiger partial charge in [-0.15, -0.1) is 23.1 Å². The predicted octanol–water partition coefficient (Wildman–Crippen LogP) is 4.39. The van der Waals surface area contributed by atoms with Crippen LogP contribution in [0.4, 0.5) is 5.69 Å². The van der Waals surface area contributed by atoms with Gasteiger partial charge in [0, 0.05) is 17.3 Å². The van der Waals surface area contributed by atoms with Crippen LogP contribution in [0.15, 0.2) is 53.0 Å². The number of thiazole rings is 1. The van der Waals surface area contributed by atoms with Crippen LogP contribution < -0.4 is 5.32 Å². The number of fused-ring (bicyclic) bond motifs is 1. The summed E-state index contributed by atoms with van der Waals surface area (Å²) in [5, 5.41) is 3.80. The minimum Gasteiger partial charge on any atom is -0.336 e. The largest absolute Gasteiger partial charge is 0.336 e. The molecule has 2 aromatic carbocycles. The number of nitrogens with zero attached hydrogens (tertiary/aromatic N) is 2. The van der Waals surface area contributed by atoms with Crippen LogP contribution in [0.25, 0.3) is 10.2 Å². The Labute approximate surface area is 174 Å². The highest BCUT2D eigenvalue weighted by molar-refractivity contribution is 9.10. The van der Waals surface area contributed by atoms with E-state index in [2.05, 4.69) is 26.2 Å². The zero-order chi connectivity index (χ0) is 19.2. The van der Waals surface area contributed by atoms with E-state index < -0.39 is 0 Å². The second-order valence-electron chi connectivity index (χ2n) is 5.85. The molecule has 0 aliphatic carbocycles. The summed E-state index contributed by atoms with van der Waals surface area (Å²) in [5.74, 6) is 0.689. The van der Waals surface area contributed by atoms with Gasteiger partial charge in [-0.1, -0.05) is 24.3 Å². The zero-order valence-corrected chi connectivity index (χ0v) is 17.9. The first-order valence-electron chi connectivity index (χ1n) is 8.23. The molecule has 27 heavy (non-hydrogen) atoms. The number of amides is 2. The number of thioether (sulfide) groups is 1. The molecule has 0 unspecified atom stereocenters. The third-order valence-corrected chi connectivity index (χ3v) is 6.58. The molecule has 1 heterocycles. The number of hydrogen-bond donors (Lipinski definition) is 1. The Morgan fingerprint density at radius 1 is 1.19 bits per heavy atom. The lowest BCUT2D eigenvalue weighted by molar-refractivity contribution is -0.131. The summed E-state index contributed by atoms with van der Waals surface area (Å²) in [5.41, 5.74) is 1.68. The second-order valence-corrected chi connectivity index (χ2v) is 8.80. The lowest BCUT2D eigenvalue weighted by Crippen LogP contribution is -2.36. The molecule has 0 spiro atoms. The lowest BCUT2D eigenvalue weighted by Gasteiger charge is -2.17. The van der Waals surface area contributed by atoms with Crippen molar-refractivity contribution >= 4 is 66.7 Å². The zero-order valence-electron chi connectivity index (χ0n) is 14.6. The van der Waals surface area contributed by atoms with Crippen molar-refractivity contribution in [1.29, 1.82) is 0 Å². The summed E-state index contributed by atoms with van der Waals surface area (Å²) < 4.78 is 1.96. The van der Waals surface area contributed by atoms with Crippen LogP contribution in [0.1, 0.15) is 5.01 Å². The maximum atomic E-state index is 12.3. The predicted molar refractivity (Wildman–Crippen MR) is 116 cm³/mol. The van der Waals surface area contributed by atoms with Gasteiger partial charge >= 0.3 is 0 Å². The topological polar surface area (TPSA) is 62.3 Å². The van der Waals surface area contributed by atoms with Crippen molar-refractivity contribution in [3.05, 3.63) is 58.0 Å². The number of carbonyl (C=O) groups is 2. The molecule has 5 nitrogen and oxygen atoms in total. The van der Waals surface area contributed by atoms with Gasteiger partial charge < -0.3 is 10.2 Å². The monoisotopic (exact) mass is 463 g/mol. The highest BCUT2D eigenvalue weighted by atomic mass is 79.9. The molecule has 3 rings (SSSR count). The van der Waals surface area contributed by atoms with Crippen LogP contribution in [0.2, 0.25) is 0 Å². The summed E-state index contributed by atoms with van der Waals surface area (Å²) in [4.78, 5) is 30.4. The van der Waals surface area contributed by atoms with Gasteiger partial charge in [0.15, 0.2) is 0 Å². The summed E-state index contributed by atoms with van der Waals surface area (Å²) in [6.45, 7) is 0.0157. The van der Waals surface area contributed by atoms with Crippen LogP contribution in [0.5, 0.6) is 0 Å². The number of benzene rings is 2. The molecule has 3 aromatic rings. The van der Waals surface area contributed by atoms with Gasteiger partial charge in [-0.2, -0.15) is 0 Å². The molecule has 0 aliphatic heterocycles. The average molecular weight is 464 g/mol. The number of carbonyl (C=O) groups excluding carboxylic acids is 2. The highest BCUT2D eigenvalue weighted by Crippen LogP contribution is 2.25. The number of anilines is 1. The van der Waals surface area contributed by atoms with Gasteiger partial charge in [0.2, 0.25) is 11.8 Å². The van der Waals surface area contributed by atoms with E-state index in [1.165, 1.54) is 16.7 Å². The van der Waals surface area contributed by atoms with Gasteiger partial charge in [0.05, 0.1) is 28.2 Å². The Kier molecular flexibility index (Phi) is 6.87. The quantitative estimate of drug-likeness (QED) is 0.564. The third kappa shape index (κ3) is 5.54. The summed E-state index contributed by atoms with van der Waals surface area (Å²) in [7, 11) is 1.64. The van der Waals surface area contributed by atoms with Crippen molar-refractivity contribution < 1.29 is 9.59 Å². The van der Waals surface area contributed by atoms with Gasteiger partial charge in [-0.05, 0) is 40.2 Å². The van der Waals surface area contributed by atoms with Gasteiger partial charge in [0.25, 0.3) is 0 Å². The Balaban J connectivity index is 1.44. The van der Waals surface area contributed by atoms with E-state index in [0.29, 0.717) is 17.2 Å².